The lowest BCUT2D eigenvalue weighted by molar-refractivity contribution is -0.120. The number of carbonyl (C=O) groups excluding carboxylic acids is 1. The van der Waals surface area contributed by atoms with E-state index in [0.29, 0.717) is 18.0 Å². The number of carbonyl (C=O) groups is 1. The number of benzene rings is 2. The fraction of sp³-hybridized carbons (Fsp3) is 0.350. The fourth-order valence-electron chi connectivity index (χ4n) is 2.80. The van der Waals surface area contributed by atoms with Gasteiger partial charge in [0.25, 0.3) is 0 Å². The van der Waals surface area contributed by atoms with Gasteiger partial charge < -0.3 is 20.5 Å². The highest BCUT2D eigenvalue weighted by atomic mass is 35.5. The molecule has 5 nitrogen and oxygen atoms in total. The van der Waals surface area contributed by atoms with Crippen molar-refractivity contribution in [3.8, 4) is 5.75 Å². The predicted molar refractivity (Wildman–Crippen MR) is 105 cm³/mol. The van der Waals surface area contributed by atoms with Crippen molar-refractivity contribution in [3.05, 3.63) is 60.2 Å². The number of nitrogens with two attached hydrogens (primary N) is 1. The summed E-state index contributed by atoms with van der Waals surface area (Å²) < 4.78 is 11.3. The Balaban J connectivity index is 0.00000243. The molecule has 3 N–H and O–H groups in total. The molecule has 1 fully saturated rings. The van der Waals surface area contributed by atoms with Crippen LogP contribution in [0, 0.1) is 0 Å². The van der Waals surface area contributed by atoms with Crippen LogP contribution in [-0.4, -0.2) is 25.2 Å². The number of amides is 1. The van der Waals surface area contributed by atoms with Crippen LogP contribution in [0.2, 0.25) is 0 Å². The molecule has 1 saturated heterocycles. The maximum absolute atomic E-state index is 12.6. The van der Waals surface area contributed by atoms with Crippen LogP contribution < -0.4 is 15.8 Å². The summed E-state index contributed by atoms with van der Waals surface area (Å²) >= 11 is 0. The molecule has 2 atom stereocenters. The summed E-state index contributed by atoms with van der Waals surface area (Å²) in [6, 6.07) is 16.7. The molecule has 2 aromatic carbocycles. The summed E-state index contributed by atoms with van der Waals surface area (Å²) in [6.45, 7) is 3.03. The third-order valence-corrected chi connectivity index (χ3v) is 4.40. The van der Waals surface area contributed by atoms with Crippen LogP contribution in [0.3, 0.4) is 0 Å². The summed E-state index contributed by atoms with van der Waals surface area (Å²) in [5.41, 5.74) is 6.55. The maximum Gasteiger partial charge on any atom is 0.248 e. The van der Waals surface area contributed by atoms with E-state index in [9.17, 15) is 4.79 Å². The van der Waals surface area contributed by atoms with Crippen LogP contribution >= 0.6 is 12.4 Å². The van der Waals surface area contributed by atoms with Crippen molar-refractivity contribution in [3.63, 3.8) is 0 Å². The second-order valence-electron chi connectivity index (χ2n) is 6.50. The standard InChI is InChI=1S/C20H24N2O3.ClH/c1-20(21,15-7-3-2-4-8-15)19(23)22-16-9-5-10-17(13-16)25-14-18-11-6-12-24-18;/h2-5,7-10,13,18H,6,11-12,14,21H2,1H3,(H,22,23);1H. The van der Waals surface area contributed by atoms with Gasteiger partial charge >= 0.3 is 0 Å². The first-order chi connectivity index (χ1) is 12.1. The number of hydrogen-bond acceptors (Lipinski definition) is 4. The van der Waals surface area contributed by atoms with E-state index in [2.05, 4.69) is 5.32 Å². The minimum Gasteiger partial charge on any atom is -0.491 e. The number of halogens is 1. The van der Waals surface area contributed by atoms with Gasteiger partial charge in [-0.3, -0.25) is 4.79 Å². The third-order valence-electron chi connectivity index (χ3n) is 4.40. The zero-order valence-electron chi connectivity index (χ0n) is 14.8. The van der Waals surface area contributed by atoms with Crippen molar-refractivity contribution in [2.45, 2.75) is 31.4 Å². The van der Waals surface area contributed by atoms with E-state index in [-0.39, 0.29) is 24.4 Å². The van der Waals surface area contributed by atoms with E-state index >= 15 is 0 Å². The molecule has 1 aliphatic heterocycles. The Morgan fingerprint density at radius 3 is 2.73 bits per heavy atom. The molecule has 26 heavy (non-hydrogen) atoms. The van der Waals surface area contributed by atoms with Crippen LogP contribution in [0.25, 0.3) is 0 Å². The molecule has 0 radical (unpaired) electrons. The Labute approximate surface area is 160 Å². The van der Waals surface area contributed by atoms with Gasteiger partial charge in [-0.05, 0) is 37.5 Å². The molecular weight excluding hydrogens is 352 g/mol. The van der Waals surface area contributed by atoms with Crippen molar-refractivity contribution in [1.29, 1.82) is 0 Å². The predicted octanol–water partition coefficient (Wildman–Crippen LogP) is 3.48. The molecule has 0 aliphatic carbocycles. The Kier molecular flexibility index (Phi) is 7.03. The van der Waals surface area contributed by atoms with Crippen LogP contribution in [0.15, 0.2) is 54.6 Å². The van der Waals surface area contributed by atoms with Crippen molar-refractivity contribution in [2.24, 2.45) is 5.73 Å². The zero-order chi connectivity index (χ0) is 17.7. The van der Waals surface area contributed by atoms with E-state index in [0.717, 1.165) is 25.0 Å². The average Bonchev–Trinajstić information content (AvgIpc) is 3.14. The van der Waals surface area contributed by atoms with Gasteiger partial charge in [-0.25, -0.2) is 0 Å². The highest BCUT2D eigenvalue weighted by molar-refractivity contribution is 5.98. The highest BCUT2D eigenvalue weighted by Crippen LogP contribution is 2.23. The first-order valence-electron chi connectivity index (χ1n) is 8.56. The lowest BCUT2D eigenvalue weighted by Gasteiger charge is -2.24. The largest absolute Gasteiger partial charge is 0.491 e. The lowest BCUT2D eigenvalue weighted by Crippen LogP contribution is -2.45. The van der Waals surface area contributed by atoms with Crippen LogP contribution in [0.5, 0.6) is 5.75 Å². The van der Waals surface area contributed by atoms with Gasteiger partial charge in [-0.2, -0.15) is 0 Å². The van der Waals surface area contributed by atoms with E-state index in [4.69, 9.17) is 15.2 Å². The summed E-state index contributed by atoms with van der Waals surface area (Å²) in [7, 11) is 0. The molecular formula is C20H25ClN2O3. The Morgan fingerprint density at radius 1 is 1.27 bits per heavy atom. The fourth-order valence-corrected chi connectivity index (χ4v) is 2.80. The molecule has 2 aromatic rings. The molecule has 0 aromatic heterocycles. The normalized spacial score (nSPS) is 18.5. The Morgan fingerprint density at radius 2 is 2.04 bits per heavy atom. The van der Waals surface area contributed by atoms with Crippen molar-refractivity contribution >= 4 is 24.0 Å². The lowest BCUT2D eigenvalue weighted by atomic mass is 9.92. The van der Waals surface area contributed by atoms with Gasteiger partial charge in [-0.1, -0.05) is 36.4 Å². The highest BCUT2D eigenvalue weighted by Gasteiger charge is 2.30. The van der Waals surface area contributed by atoms with Crippen LogP contribution in [-0.2, 0) is 15.1 Å². The Bertz CT molecular complexity index is 716. The second-order valence-corrected chi connectivity index (χ2v) is 6.50. The summed E-state index contributed by atoms with van der Waals surface area (Å²) in [5, 5.41) is 2.87. The van der Waals surface area contributed by atoms with Gasteiger partial charge in [0, 0.05) is 18.4 Å². The van der Waals surface area contributed by atoms with E-state index in [1.807, 2.05) is 48.5 Å². The first kappa shape index (κ1) is 20.2. The zero-order valence-corrected chi connectivity index (χ0v) is 15.6. The van der Waals surface area contributed by atoms with Gasteiger partial charge in [0.05, 0.1) is 6.10 Å². The minimum absolute atomic E-state index is 0. The summed E-state index contributed by atoms with van der Waals surface area (Å²) in [6.07, 6.45) is 2.27. The second kappa shape index (κ2) is 9.03. The molecule has 3 rings (SSSR count). The van der Waals surface area contributed by atoms with Gasteiger partial charge in [-0.15, -0.1) is 12.4 Å². The van der Waals surface area contributed by atoms with Gasteiger partial charge in [0.2, 0.25) is 5.91 Å². The number of hydrogen-bond donors (Lipinski definition) is 2. The molecule has 0 spiro atoms. The molecule has 1 amide bonds. The molecule has 1 heterocycles. The molecule has 0 bridgehead atoms. The molecule has 6 heteroatoms. The average molecular weight is 377 g/mol. The van der Waals surface area contributed by atoms with Gasteiger partial charge in [0.15, 0.2) is 0 Å². The van der Waals surface area contributed by atoms with E-state index in [1.54, 1.807) is 13.0 Å². The summed E-state index contributed by atoms with van der Waals surface area (Å²) in [5.74, 6) is 0.432. The Hall–Kier alpha value is -2.08. The van der Waals surface area contributed by atoms with E-state index in [1.165, 1.54) is 0 Å². The SMILES string of the molecule is CC(N)(C(=O)Nc1cccc(OCC2CCCO2)c1)c1ccccc1.Cl. The molecule has 1 aliphatic rings. The van der Waals surface area contributed by atoms with Crippen molar-refractivity contribution in [1.82, 2.24) is 0 Å². The monoisotopic (exact) mass is 376 g/mol. The smallest absolute Gasteiger partial charge is 0.248 e. The maximum atomic E-state index is 12.6. The first-order valence-corrected chi connectivity index (χ1v) is 8.56. The number of ether oxygens (including phenoxy) is 2. The quantitative estimate of drug-likeness (QED) is 0.809. The number of anilines is 1. The van der Waals surface area contributed by atoms with Crippen molar-refractivity contribution < 1.29 is 14.3 Å². The molecule has 0 saturated carbocycles. The van der Waals surface area contributed by atoms with Gasteiger partial charge in [0.1, 0.15) is 17.9 Å². The van der Waals surface area contributed by atoms with Crippen LogP contribution in [0.4, 0.5) is 5.69 Å². The van der Waals surface area contributed by atoms with E-state index < -0.39 is 5.54 Å². The minimum atomic E-state index is -1.12. The summed E-state index contributed by atoms with van der Waals surface area (Å²) in [4.78, 5) is 12.6. The number of rotatable bonds is 6. The molecule has 140 valence electrons. The third kappa shape index (κ3) is 4.97. The van der Waals surface area contributed by atoms with Crippen molar-refractivity contribution in [2.75, 3.05) is 18.5 Å². The number of nitrogens with one attached hydrogen (secondary N) is 1. The van der Waals surface area contributed by atoms with Crippen LogP contribution in [0.1, 0.15) is 25.3 Å². The molecule has 2 unspecified atom stereocenters. The topological polar surface area (TPSA) is 73.6 Å².